The first-order valence-corrected chi connectivity index (χ1v) is 8.37. The first kappa shape index (κ1) is 16.1. The van der Waals surface area contributed by atoms with Crippen molar-refractivity contribution in [3.63, 3.8) is 0 Å². The predicted molar refractivity (Wildman–Crippen MR) is 90.1 cm³/mol. The fraction of sp³-hybridized carbons (Fsp3) is 0.500. The smallest absolute Gasteiger partial charge is 0.322 e. The fourth-order valence-corrected chi connectivity index (χ4v) is 3.23. The van der Waals surface area contributed by atoms with Crippen molar-refractivity contribution >= 4 is 29.2 Å². The number of anilines is 1. The summed E-state index contributed by atoms with van der Waals surface area (Å²) in [5, 5.41) is 9.47. The number of amides is 3. The molecule has 3 N–H and O–H groups in total. The second-order valence-electron chi connectivity index (χ2n) is 5.95. The number of benzene rings is 1. The molecule has 2 heterocycles. The summed E-state index contributed by atoms with van der Waals surface area (Å²) in [4.78, 5) is 25.6. The van der Waals surface area contributed by atoms with Gasteiger partial charge in [-0.25, -0.2) is 4.79 Å². The van der Waals surface area contributed by atoms with Crippen LogP contribution in [0.25, 0.3) is 0 Å². The summed E-state index contributed by atoms with van der Waals surface area (Å²) in [6.07, 6.45) is 2.15. The van der Waals surface area contributed by atoms with Gasteiger partial charge in [-0.1, -0.05) is 11.6 Å². The first-order valence-electron chi connectivity index (χ1n) is 7.99. The van der Waals surface area contributed by atoms with Crippen molar-refractivity contribution in [2.45, 2.75) is 12.8 Å². The van der Waals surface area contributed by atoms with E-state index < -0.39 is 0 Å². The van der Waals surface area contributed by atoms with Crippen LogP contribution in [0.2, 0.25) is 5.02 Å². The molecule has 1 aromatic rings. The molecule has 23 heavy (non-hydrogen) atoms. The van der Waals surface area contributed by atoms with E-state index in [9.17, 15) is 9.59 Å². The van der Waals surface area contributed by atoms with Crippen LogP contribution < -0.4 is 20.9 Å². The monoisotopic (exact) mass is 336 g/mol. The number of nitrogens with zero attached hydrogens (tertiary/aromatic N) is 1. The summed E-state index contributed by atoms with van der Waals surface area (Å²) < 4.78 is 0. The highest BCUT2D eigenvalue weighted by Gasteiger charge is 2.24. The molecule has 6 nitrogen and oxygen atoms in total. The van der Waals surface area contributed by atoms with E-state index >= 15 is 0 Å². The number of carbonyl (C=O) groups excluding carboxylic acids is 2. The molecule has 0 aliphatic carbocycles. The molecule has 0 bridgehead atoms. The molecule has 1 unspecified atom stereocenters. The zero-order valence-electron chi connectivity index (χ0n) is 12.9. The number of carbonyl (C=O) groups is 2. The largest absolute Gasteiger partial charge is 0.352 e. The van der Waals surface area contributed by atoms with E-state index in [-0.39, 0.29) is 11.9 Å². The molecule has 124 valence electrons. The lowest BCUT2D eigenvalue weighted by Gasteiger charge is -2.17. The molecule has 1 aromatic carbocycles. The van der Waals surface area contributed by atoms with Gasteiger partial charge in [0.05, 0.1) is 10.7 Å². The molecule has 7 heteroatoms. The van der Waals surface area contributed by atoms with Crippen LogP contribution >= 0.6 is 11.6 Å². The van der Waals surface area contributed by atoms with Gasteiger partial charge in [-0.3, -0.25) is 9.69 Å². The Hall–Kier alpha value is -1.79. The summed E-state index contributed by atoms with van der Waals surface area (Å²) in [6.45, 7) is 3.90. The molecule has 0 aromatic heterocycles. The summed E-state index contributed by atoms with van der Waals surface area (Å²) in [5.74, 6) is 0.512. The second kappa shape index (κ2) is 7.19. The minimum absolute atomic E-state index is 0.131. The van der Waals surface area contributed by atoms with E-state index in [2.05, 4.69) is 16.0 Å². The van der Waals surface area contributed by atoms with E-state index in [0.717, 1.165) is 19.5 Å². The van der Waals surface area contributed by atoms with Gasteiger partial charge < -0.3 is 16.0 Å². The number of nitrogens with one attached hydrogen (secondary N) is 3. The maximum Gasteiger partial charge on any atom is 0.322 e. The second-order valence-corrected chi connectivity index (χ2v) is 6.36. The summed E-state index contributed by atoms with van der Waals surface area (Å²) in [6, 6.07) is 4.85. The number of halogens is 1. The molecular formula is C16H21ClN4O2. The Morgan fingerprint density at radius 2 is 2.26 bits per heavy atom. The number of hydrogen-bond acceptors (Lipinski definition) is 3. The van der Waals surface area contributed by atoms with Crippen LogP contribution in [0.3, 0.4) is 0 Å². The Labute approximate surface area is 140 Å². The first-order chi connectivity index (χ1) is 11.1. The van der Waals surface area contributed by atoms with E-state index in [4.69, 9.17) is 11.6 Å². The van der Waals surface area contributed by atoms with Gasteiger partial charge in [0, 0.05) is 25.2 Å². The number of urea groups is 1. The summed E-state index contributed by atoms with van der Waals surface area (Å²) in [5.41, 5.74) is 1.10. The van der Waals surface area contributed by atoms with Crippen LogP contribution in [0.5, 0.6) is 0 Å². The van der Waals surface area contributed by atoms with Crippen LogP contribution in [0.1, 0.15) is 23.2 Å². The Kier molecular flexibility index (Phi) is 5.03. The molecule has 2 aliphatic heterocycles. The molecule has 2 saturated heterocycles. The lowest BCUT2D eigenvalue weighted by atomic mass is 10.1. The average molecular weight is 337 g/mol. The van der Waals surface area contributed by atoms with Gasteiger partial charge in [0.25, 0.3) is 5.91 Å². The van der Waals surface area contributed by atoms with Gasteiger partial charge in [-0.15, -0.1) is 0 Å². The summed E-state index contributed by atoms with van der Waals surface area (Å²) in [7, 11) is 0. The van der Waals surface area contributed by atoms with Crippen molar-refractivity contribution in [3.8, 4) is 0 Å². The Morgan fingerprint density at radius 3 is 2.96 bits per heavy atom. The van der Waals surface area contributed by atoms with Gasteiger partial charge in [-0.2, -0.15) is 0 Å². The zero-order valence-corrected chi connectivity index (χ0v) is 13.7. The highest BCUT2D eigenvalue weighted by molar-refractivity contribution is 6.34. The third kappa shape index (κ3) is 3.76. The van der Waals surface area contributed by atoms with Gasteiger partial charge in [0.2, 0.25) is 0 Å². The third-order valence-electron chi connectivity index (χ3n) is 4.36. The maximum absolute atomic E-state index is 12.3. The van der Waals surface area contributed by atoms with E-state index in [1.54, 1.807) is 23.1 Å². The van der Waals surface area contributed by atoms with Crippen LogP contribution in [-0.2, 0) is 0 Å². The molecule has 0 spiro atoms. The molecule has 0 radical (unpaired) electrons. The summed E-state index contributed by atoms with van der Waals surface area (Å²) >= 11 is 6.18. The van der Waals surface area contributed by atoms with Crippen molar-refractivity contribution in [1.29, 1.82) is 0 Å². The normalized spacial score (nSPS) is 20.7. The maximum atomic E-state index is 12.3. The SMILES string of the molecule is O=C(NCCC1CCNC1)c1ccc(Cl)c(N2CCNC2=O)c1. The molecule has 2 aliphatic rings. The standard InChI is InChI=1S/C16H21ClN4O2/c17-13-2-1-12(9-14(13)21-8-7-20-16(21)23)15(22)19-6-4-11-3-5-18-10-11/h1-2,9,11,18H,3-8,10H2,(H,19,22)(H,20,23). The minimum atomic E-state index is -0.182. The van der Waals surface area contributed by atoms with Crippen LogP contribution in [-0.4, -0.2) is 44.7 Å². The van der Waals surface area contributed by atoms with Gasteiger partial charge in [0.15, 0.2) is 0 Å². The minimum Gasteiger partial charge on any atom is -0.352 e. The molecule has 3 amide bonds. The zero-order chi connectivity index (χ0) is 16.2. The fourth-order valence-electron chi connectivity index (χ4n) is 3.01. The Bertz CT molecular complexity index is 602. The highest BCUT2D eigenvalue weighted by atomic mass is 35.5. The van der Waals surface area contributed by atoms with Crippen molar-refractivity contribution < 1.29 is 9.59 Å². The van der Waals surface area contributed by atoms with Gasteiger partial charge in [0.1, 0.15) is 0 Å². The van der Waals surface area contributed by atoms with Crippen LogP contribution in [0, 0.1) is 5.92 Å². The number of rotatable bonds is 5. The Morgan fingerprint density at radius 1 is 1.39 bits per heavy atom. The van der Waals surface area contributed by atoms with E-state index in [1.807, 2.05) is 0 Å². The van der Waals surface area contributed by atoms with Crippen molar-refractivity contribution in [2.75, 3.05) is 37.6 Å². The average Bonchev–Trinajstić information content (AvgIpc) is 3.19. The lowest BCUT2D eigenvalue weighted by Crippen LogP contribution is -2.29. The third-order valence-corrected chi connectivity index (χ3v) is 4.68. The Balaban J connectivity index is 1.62. The van der Waals surface area contributed by atoms with Gasteiger partial charge >= 0.3 is 6.03 Å². The topological polar surface area (TPSA) is 73.5 Å². The van der Waals surface area contributed by atoms with Crippen molar-refractivity contribution in [1.82, 2.24) is 16.0 Å². The highest BCUT2D eigenvalue weighted by Crippen LogP contribution is 2.28. The molecule has 1 atom stereocenters. The quantitative estimate of drug-likeness (QED) is 0.764. The van der Waals surface area contributed by atoms with E-state index in [1.165, 1.54) is 6.42 Å². The predicted octanol–water partition coefficient (Wildman–Crippen LogP) is 1.60. The van der Waals surface area contributed by atoms with Crippen LogP contribution in [0.4, 0.5) is 10.5 Å². The van der Waals surface area contributed by atoms with Crippen molar-refractivity contribution in [3.05, 3.63) is 28.8 Å². The molecule has 0 saturated carbocycles. The van der Waals surface area contributed by atoms with Gasteiger partial charge in [-0.05, 0) is 50.0 Å². The molecule has 3 rings (SSSR count). The number of hydrogen-bond donors (Lipinski definition) is 3. The lowest BCUT2D eigenvalue weighted by molar-refractivity contribution is 0.0951. The van der Waals surface area contributed by atoms with E-state index in [0.29, 0.717) is 41.8 Å². The molecular weight excluding hydrogens is 316 g/mol. The van der Waals surface area contributed by atoms with Crippen molar-refractivity contribution in [2.24, 2.45) is 5.92 Å². The van der Waals surface area contributed by atoms with Crippen LogP contribution in [0.15, 0.2) is 18.2 Å². The molecule has 2 fully saturated rings.